The molecular formula is C12H25. The molecule has 0 aromatic heterocycles. The van der Waals surface area contributed by atoms with Crippen LogP contribution in [0.15, 0.2) is 0 Å². The molecule has 0 N–H and O–H groups in total. The van der Waals surface area contributed by atoms with Crippen LogP contribution >= 0.6 is 0 Å². The summed E-state index contributed by atoms with van der Waals surface area (Å²) in [6, 6.07) is 0. The van der Waals surface area contributed by atoms with E-state index in [0.29, 0.717) is 5.41 Å². The van der Waals surface area contributed by atoms with Crippen LogP contribution in [0.25, 0.3) is 0 Å². The van der Waals surface area contributed by atoms with Crippen molar-refractivity contribution in [1.82, 2.24) is 0 Å². The minimum absolute atomic E-state index is 0.538. The topological polar surface area (TPSA) is 0 Å². The summed E-state index contributed by atoms with van der Waals surface area (Å²) in [5.41, 5.74) is 0.538. The molecule has 0 aliphatic rings. The van der Waals surface area contributed by atoms with Crippen LogP contribution in [0.4, 0.5) is 0 Å². The van der Waals surface area contributed by atoms with Gasteiger partial charge in [-0.2, -0.15) is 0 Å². The Hall–Kier alpha value is 0. The summed E-state index contributed by atoms with van der Waals surface area (Å²) in [7, 11) is 0. The van der Waals surface area contributed by atoms with Gasteiger partial charge in [0, 0.05) is 0 Å². The van der Waals surface area contributed by atoms with Crippen molar-refractivity contribution in [3.63, 3.8) is 0 Å². The predicted molar refractivity (Wildman–Crippen MR) is 57.1 cm³/mol. The van der Waals surface area contributed by atoms with Crippen molar-refractivity contribution in [2.45, 2.75) is 66.7 Å². The molecule has 0 aromatic rings. The molecule has 0 aromatic carbocycles. The molecule has 0 heteroatoms. The summed E-state index contributed by atoms with van der Waals surface area (Å²) in [4.78, 5) is 0. The highest BCUT2D eigenvalue weighted by Gasteiger charge is 2.19. The average molecular weight is 169 g/mol. The Morgan fingerprint density at radius 3 is 2.17 bits per heavy atom. The van der Waals surface area contributed by atoms with Crippen LogP contribution in [0.1, 0.15) is 66.7 Å². The van der Waals surface area contributed by atoms with Crippen molar-refractivity contribution in [3.05, 3.63) is 5.92 Å². The molecule has 0 saturated heterocycles. The summed E-state index contributed by atoms with van der Waals surface area (Å²) < 4.78 is 0. The zero-order valence-electron chi connectivity index (χ0n) is 9.54. The fraction of sp³-hybridized carbons (Fsp3) is 0.917. The largest absolute Gasteiger partial charge is 0.0654 e. The molecule has 0 heterocycles. The first-order valence-corrected chi connectivity index (χ1v) is 5.33. The van der Waals surface area contributed by atoms with Crippen LogP contribution in [0, 0.1) is 11.3 Å². The zero-order chi connectivity index (χ0) is 9.61. The second kappa shape index (κ2) is 5.61. The minimum atomic E-state index is 0.538. The Bertz CT molecular complexity index is 103. The van der Waals surface area contributed by atoms with E-state index < -0.39 is 0 Å². The summed E-state index contributed by atoms with van der Waals surface area (Å²) in [5.74, 6) is 1.65. The fourth-order valence-corrected chi connectivity index (χ4v) is 1.69. The maximum Gasteiger partial charge on any atom is -0.0269 e. The number of rotatable bonds is 6. The average Bonchev–Trinajstić information content (AvgIpc) is 2.00. The molecule has 0 aliphatic heterocycles. The first kappa shape index (κ1) is 12.0. The Kier molecular flexibility index (Phi) is 5.61. The normalized spacial score (nSPS) is 12.5. The Balaban J connectivity index is 3.69. The molecule has 1 radical (unpaired) electrons. The van der Waals surface area contributed by atoms with Crippen molar-refractivity contribution in [2.75, 3.05) is 0 Å². The van der Waals surface area contributed by atoms with E-state index in [1.807, 2.05) is 0 Å². The molecular weight excluding hydrogens is 144 g/mol. The molecule has 0 unspecified atom stereocenters. The van der Waals surface area contributed by atoms with E-state index in [1.165, 1.54) is 32.1 Å². The molecule has 73 valence electrons. The monoisotopic (exact) mass is 169 g/mol. The van der Waals surface area contributed by atoms with Crippen LogP contribution in [-0.2, 0) is 0 Å². The molecule has 0 nitrogen and oxygen atoms in total. The van der Waals surface area contributed by atoms with Crippen molar-refractivity contribution < 1.29 is 0 Å². The van der Waals surface area contributed by atoms with Gasteiger partial charge in [0.05, 0.1) is 0 Å². The van der Waals surface area contributed by atoms with Gasteiger partial charge in [0.1, 0.15) is 0 Å². The number of hydrogen-bond acceptors (Lipinski definition) is 0. The number of unbranched alkanes of at least 4 members (excludes halogenated alkanes) is 1. The smallest absolute Gasteiger partial charge is 0.0269 e. The third kappa shape index (κ3) is 5.62. The molecule has 12 heavy (non-hydrogen) atoms. The second-order valence-electron chi connectivity index (χ2n) is 4.76. The van der Waals surface area contributed by atoms with E-state index in [9.17, 15) is 0 Å². The Labute approximate surface area is 78.8 Å². The maximum atomic E-state index is 2.39. The lowest BCUT2D eigenvalue weighted by Crippen LogP contribution is -2.14. The molecule has 0 fully saturated rings. The van der Waals surface area contributed by atoms with Crippen molar-refractivity contribution in [2.24, 2.45) is 5.41 Å². The summed E-state index contributed by atoms with van der Waals surface area (Å²) in [5, 5.41) is 0. The summed E-state index contributed by atoms with van der Waals surface area (Å²) in [6.45, 7) is 11.6. The van der Waals surface area contributed by atoms with Gasteiger partial charge in [-0.25, -0.2) is 0 Å². The van der Waals surface area contributed by atoms with Crippen molar-refractivity contribution in [3.8, 4) is 0 Å². The van der Waals surface area contributed by atoms with Gasteiger partial charge in [0.15, 0.2) is 0 Å². The van der Waals surface area contributed by atoms with Gasteiger partial charge in [-0.05, 0) is 24.2 Å². The molecule has 0 bridgehead atoms. The van der Waals surface area contributed by atoms with E-state index in [1.54, 1.807) is 5.92 Å². The van der Waals surface area contributed by atoms with Gasteiger partial charge >= 0.3 is 0 Å². The van der Waals surface area contributed by atoms with E-state index in [2.05, 4.69) is 34.6 Å². The third-order valence-corrected chi connectivity index (χ3v) is 2.59. The third-order valence-electron chi connectivity index (χ3n) is 2.59. The lowest BCUT2D eigenvalue weighted by atomic mass is 9.79. The van der Waals surface area contributed by atoms with Gasteiger partial charge in [-0.1, -0.05) is 53.9 Å². The highest BCUT2D eigenvalue weighted by molar-refractivity contribution is 4.88. The van der Waals surface area contributed by atoms with Gasteiger partial charge in [-0.15, -0.1) is 0 Å². The Morgan fingerprint density at radius 2 is 1.75 bits per heavy atom. The first-order chi connectivity index (χ1) is 5.52. The van der Waals surface area contributed by atoms with Gasteiger partial charge in [0.25, 0.3) is 0 Å². The molecule has 0 spiro atoms. The minimum Gasteiger partial charge on any atom is -0.0654 e. The van der Waals surface area contributed by atoms with E-state index in [4.69, 9.17) is 0 Å². The van der Waals surface area contributed by atoms with Crippen molar-refractivity contribution in [1.29, 1.82) is 0 Å². The van der Waals surface area contributed by atoms with Crippen LogP contribution in [0.5, 0.6) is 0 Å². The maximum absolute atomic E-state index is 2.39. The lowest BCUT2D eigenvalue weighted by molar-refractivity contribution is 0.302. The second-order valence-corrected chi connectivity index (χ2v) is 4.76. The molecule has 0 aliphatic carbocycles. The van der Waals surface area contributed by atoms with E-state index in [0.717, 1.165) is 0 Å². The SMILES string of the molecule is CCCCC(C)(C)C[C](C)CC. The number of hydrogen-bond donors (Lipinski definition) is 0. The fourth-order valence-electron chi connectivity index (χ4n) is 1.69. The Morgan fingerprint density at radius 1 is 1.17 bits per heavy atom. The van der Waals surface area contributed by atoms with E-state index >= 15 is 0 Å². The molecule has 0 rings (SSSR count). The highest BCUT2D eigenvalue weighted by Crippen LogP contribution is 2.32. The predicted octanol–water partition coefficient (Wildman–Crippen LogP) is 4.60. The van der Waals surface area contributed by atoms with Crippen LogP contribution in [0.2, 0.25) is 0 Å². The molecule has 0 atom stereocenters. The zero-order valence-corrected chi connectivity index (χ0v) is 9.54. The van der Waals surface area contributed by atoms with Crippen LogP contribution < -0.4 is 0 Å². The van der Waals surface area contributed by atoms with Gasteiger partial charge in [0.2, 0.25) is 0 Å². The van der Waals surface area contributed by atoms with Crippen LogP contribution in [0.3, 0.4) is 0 Å². The van der Waals surface area contributed by atoms with E-state index in [-0.39, 0.29) is 0 Å². The van der Waals surface area contributed by atoms with Gasteiger partial charge in [-0.3, -0.25) is 0 Å². The molecule has 0 saturated carbocycles. The summed E-state index contributed by atoms with van der Waals surface area (Å²) in [6.07, 6.45) is 6.64. The first-order valence-electron chi connectivity index (χ1n) is 5.33. The van der Waals surface area contributed by atoms with Crippen molar-refractivity contribution >= 4 is 0 Å². The van der Waals surface area contributed by atoms with Gasteiger partial charge < -0.3 is 0 Å². The van der Waals surface area contributed by atoms with Crippen LogP contribution in [-0.4, -0.2) is 0 Å². The standard InChI is InChI=1S/C12H25/c1-6-8-9-12(4,5)10-11(3)7-2/h6-10H2,1-5H3. The highest BCUT2D eigenvalue weighted by atomic mass is 14.2. The quantitative estimate of drug-likeness (QED) is 0.545. The molecule has 0 amide bonds. The lowest BCUT2D eigenvalue weighted by Gasteiger charge is -2.27. The summed E-state index contributed by atoms with van der Waals surface area (Å²) >= 11 is 0.